The zero-order valence-corrected chi connectivity index (χ0v) is 14.5. The molecule has 4 heteroatoms. The molecular weight excluding hydrogens is 298 g/mol. The second-order valence-corrected chi connectivity index (χ2v) is 8.59. The van der Waals surface area contributed by atoms with Crippen LogP contribution < -0.4 is 4.90 Å². The average Bonchev–Trinajstić information content (AvgIpc) is 2.91. The Morgan fingerprint density at radius 3 is 2.42 bits per heavy atom. The third-order valence-corrected chi connectivity index (χ3v) is 6.77. The van der Waals surface area contributed by atoms with E-state index in [0.29, 0.717) is 5.91 Å². The molecule has 1 aromatic heterocycles. The molecule has 1 aromatic carbocycles. The molecule has 1 heterocycles. The van der Waals surface area contributed by atoms with Crippen molar-refractivity contribution in [1.82, 2.24) is 9.97 Å². The Kier molecular flexibility index (Phi) is 2.92. The Bertz CT molecular complexity index is 786. The summed E-state index contributed by atoms with van der Waals surface area (Å²) < 4.78 is 0. The number of benzene rings is 1. The molecule has 0 saturated heterocycles. The number of carbonyl (C=O) groups is 1. The second-order valence-electron chi connectivity index (χ2n) is 8.59. The minimum Gasteiger partial charge on any atom is -0.342 e. The smallest absolute Gasteiger partial charge is 0.232 e. The lowest BCUT2D eigenvalue weighted by Crippen LogP contribution is -2.54. The largest absolute Gasteiger partial charge is 0.342 e. The summed E-state index contributed by atoms with van der Waals surface area (Å²) in [6.45, 7) is 1.96. The molecule has 6 rings (SSSR count). The number of aryl methyl sites for hydroxylation is 1. The van der Waals surface area contributed by atoms with Gasteiger partial charge in [-0.05, 0) is 81.4 Å². The van der Waals surface area contributed by atoms with Crippen molar-refractivity contribution < 1.29 is 4.79 Å². The first kappa shape index (κ1) is 14.5. The molecule has 4 aliphatic rings. The quantitative estimate of drug-likeness (QED) is 0.906. The van der Waals surface area contributed by atoms with Crippen LogP contribution in [-0.4, -0.2) is 22.9 Å². The summed E-state index contributed by atoms with van der Waals surface area (Å²) in [6.07, 6.45) is 7.47. The first-order valence-electron chi connectivity index (χ1n) is 9.27. The number of fused-ring (bicyclic) bond motifs is 1. The van der Waals surface area contributed by atoms with E-state index < -0.39 is 0 Å². The first-order chi connectivity index (χ1) is 11.5. The first-order valence-corrected chi connectivity index (χ1v) is 9.27. The van der Waals surface area contributed by atoms with Gasteiger partial charge in [-0.25, -0.2) is 4.98 Å². The minimum absolute atomic E-state index is 0.0810. The SMILES string of the molecule is Cc1nc2ccc(N(C)C(=O)C34CC5CC(CC(C5)C3)C4)cc2[nH]1. The molecule has 2 aromatic rings. The number of imidazole rings is 1. The number of rotatable bonds is 2. The van der Waals surface area contributed by atoms with Gasteiger partial charge in [-0.15, -0.1) is 0 Å². The number of H-pyrrole nitrogens is 1. The Morgan fingerprint density at radius 2 is 1.79 bits per heavy atom. The van der Waals surface area contributed by atoms with Gasteiger partial charge in [0.2, 0.25) is 5.91 Å². The lowest BCUT2D eigenvalue weighted by Gasteiger charge is -2.56. The van der Waals surface area contributed by atoms with E-state index in [0.717, 1.165) is 59.6 Å². The molecule has 0 spiro atoms. The van der Waals surface area contributed by atoms with E-state index in [9.17, 15) is 4.79 Å². The molecule has 4 fully saturated rings. The summed E-state index contributed by atoms with van der Waals surface area (Å²) in [6, 6.07) is 6.10. The lowest BCUT2D eigenvalue weighted by molar-refractivity contribution is -0.143. The molecule has 24 heavy (non-hydrogen) atoms. The highest BCUT2D eigenvalue weighted by Gasteiger charge is 2.55. The van der Waals surface area contributed by atoms with Crippen LogP contribution in [-0.2, 0) is 4.79 Å². The molecule has 0 aliphatic heterocycles. The van der Waals surface area contributed by atoms with Crippen LogP contribution in [0.5, 0.6) is 0 Å². The van der Waals surface area contributed by atoms with Gasteiger partial charge in [0.05, 0.1) is 16.4 Å². The number of hydrogen-bond acceptors (Lipinski definition) is 2. The zero-order chi connectivity index (χ0) is 16.5. The van der Waals surface area contributed by atoms with E-state index in [-0.39, 0.29) is 5.41 Å². The third kappa shape index (κ3) is 2.04. The van der Waals surface area contributed by atoms with Gasteiger partial charge in [-0.3, -0.25) is 4.79 Å². The Morgan fingerprint density at radius 1 is 1.17 bits per heavy atom. The summed E-state index contributed by atoms with van der Waals surface area (Å²) in [5.74, 6) is 3.65. The lowest BCUT2D eigenvalue weighted by atomic mass is 9.49. The monoisotopic (exact) mass is 323 g/mol. The minimum atomic E-state index is -0.0810. The summed E-state index contributed by atoms with van der Waals surface area (Å²) in [4.78, 5) is 23.1. The molecular formula is C20H25N3O. The maximum absolute atomic E-state index is 13.4. The van der Waals surface area contributed by atoms with E-state index in [4.69, 9.17) is 0 Å². The van der Waals surface area contributed by atoms with E-state index in [1.807, 2.05) is 31.0 Å². The number of nitrogens with one attached hydrogen (secondary N) is 1. The molecule has 0 radical (unpaired) electrons. The highest BCUT2D eigenvalue weighted by Crippen LogP contribution is 2.60. The number of nitrogens with zero attached hydrogens (tertiary/aromatic N) is 2. The van der Waals surface area contributed by atoms with Gasteiger partial charge in [0.15, 0.2) is 0 Å². The van der Waals surface area contributed by atoms with Crippen LogP contribution in [0.1, 0.15) is 44.3 Å². The topological polar surface area (TPSA) is 49.0 Å². The van der Waals surface area contributed by atoms with Gasteiger partial charge in [0.25, 0.3) is 0 Å². The molecule has 4 nitrogen and oxygen atoms in total. The molecule has 0 unspecified atom stereocenters. The van der Waals surface area contributed by atoms with Crippen molar-refractivity contribution in [2.75, 3.05) is 11.9 Å². The molecule has 1 N–H and O–H groups in total. The Balaban J connectivity index is 1.47. The van der Waals surface area contributed by atoms with Crippen LogP contribution in [0.25, 0.3) is 11.0 Å². The fraction of sp³-hybridized carbons (Fsp3) is 0.600. The van der Waals surface area contributed by atoms with Crippen LogP contribution in [0, 0.1) is 30.1 Å². The van der Waals surface area contributed by atoms with Crippen molar-refractivity contribution in [3.05, 3.63) is 24.0 Å². The number of amides is 1. The summed E-state index contributed by atoms with van der Waals surface area (Å²) in [5.41, 5.74) is 2.87. The van der Waals surface area contributed by atoms with Crippen LogP contribution in [0.2, 0.25) is 0 Å². The van der Waals surface area contributed by atoms with Gasteiger partial charge in [0, 0.05) is 12.7 Å². The molecule has 4 aliphatic carbocycles. The molecule has 4 bridgehead atoms. The summed E-state index contributed by atoms with van der Waals surface area (Å²) in [5, 5.41) is 0. The van der Waals surface area contributed by atoms with Crippen LogP contribution in [0.3, 0.4) is 0 Å². The number of aromatic nitrogens is 2. The van der Waals surface area contributed by atoms with Crippen LogP contribution in [0.4, 0.5) is 5.69 Å². The maximum atomic E-state index is 13.4. The Hall–Kier alpha value is -1.84. The fourth-order valence-electron chi connectivity index (χ4n) is 6.18. The molecule has 4 saturated carbocycles. The van der Waals surface area contributed by atoms with Crippen molar-refractivity contribution >= 4 is 22.6 Å². The average molecular weight is 323 g/mol. The van der Waals surface area contributed by atoms with E-state index >= 15 is 0 Å². The maximum Gasteiger partial charge on any atom is 0.232 e. The standard InChI is InChI=1S/C20H25N3O/c1-12-21-17-4-3-16(8-18(17)22-12)23(2)19(24)20-9-13-5-14(10-20)7-15(6-13)11-20/h3-4,8,13-15H,5-7,9-11H2,1-2H3,(H,21,22). The Labute approximate surface area is 142 Å². The molecule has 1 amide bonds. The van der Waals surface area contributed by atoms with Crippen molar-refractivity contribution in [2.24, 2.45) is 23.2 Å². The highest BCUT2D eigenvalue weighted by molar-refractivity contribution is 5.98. The molecule has 126 valence electrons. The summed E-state index contributed by atoms with van der Waals surface area (Å²) >= 11 is 0. The van der Waals surface area contributed by atoms with E-state index in [1.54, 1.807) is 0 Å². The second kappa shape index (κ2) is 4.84. The molecule has 0 atom stereocenters. The van der Waals surface area contributed by atoms with Gasteiger partial charge in [-0.1, -0.05) is 0 Å². The highest BCUT2D eigenvalue weighted by atomic mass is 16.2. The number of aromatic amines is 1. The van der Waals surface area contributed by atoms with Crippen molar-refractivity contribution in [3.8, 4) is 0 Å². The van der Waals surface area contributed by atoms with E-state index in [1.165, 1.54) is 19.3 Å². The van der Waals surface area contributed by atoms with Gasteiger partial charge in [0.1, 0.15) is 5.82 Å². The third-order valence-electron chi connectivity index (χ3n) is 6.77. The number of carbonyl (C=O) groups excluding carboxylic acids is 1. The predicted molar refractivity (Wildman–Crippen MR) is 94.8 cm³/mol. The fourth-order valence-corrected chi connectivity index (χ4v) is 6.18. The number of hydrogen-bond donors (Lipinski definition) is 1. The van der Waals surface area contributed by atoms with E-state index in [2.05, 4.69) is 16.0 Å². The normalized spacial score (nSPS) is 34.0. The zero-order valence-electron chi connectivity index (χ0n) is 14.5. The predicted octanol–water partition coefficient (Wildman–Crippen LogP) is 4.05. The van der Waals surface area contributed by atoms with Crippen LogP contribution in [0.15, 0.2) is 18.2 Å². The van der Waals surface area contributed by atoms with Crippen LogP contribution >= 0.6 is 0 Å². The van der Waals surface area contributed by atoms with Crippen molar-refractivity contribution in [2.45, 2.75) is 45.4 Å². The van der Waals surface area contributed by atoms with Gasteiger partial charge < -0.3 is 9.88 Å². The van der Waals surface area contributed by atoms with Gasteiger partial charge >= 0.3 is 0 Å². The summed E-state index contributed by atoms with van der Waals surface area (Å²) in [7, 11) is 1.95. The van der Waals surface area contributed by atoms with Crippen molar-refractivity contribution in [3.63, 3.8) is 0 Å². The van der Waals surface area contributed by atoms with Gasteiger partial charge in [-0.2, -0.15) is 0 Å². The van der Waals surface area contributed by atoms with Crippen molar-refractivity contribution in [1.29, 1.82) is 0 Å². The number of anilines is 1.